The average molecular weight is 259 g/mol. The Balaban J connectivity index is 2.51. The molecule has 0 N–H and O–H groups in total. The lowest BCUT2D eigenvalue weighted by molar-refractivity contribution is -0.146. The van der Waals surface area contributed by atoms with E-state index in [1.807, 2.05) is 0 Å². The summed E-state index contributed by atoms with van der Waals surface area (Å²) in [6.07, 6.45) is -2.62. The fourth-order valence-corrected chi connectivity index (χ4v) is 2.01. The van der Waals surface area contributed by atoms with E-state index in [1.54, 1.807) is 11.6 Å². The maximum atomic E-state index is 12.2. The highest BCUT2D eigenvalue weighted by Gasteiger charge is 2.30. The lowest BCUT2D eigenvalue weighted by Crippen LogP contribution is -2.35. The van der Waals surface area contributed by atoms with Gasteiger partial charge in [-0.1, -0.05) is 0 Å². The molecule has 15 heavy (non-hydrogen) atoms. The molecule has 1 rings (SSSR count). The Morgan fingerprint density at radius 3 is 2.67 bits per heavy atom. The summed E-state index contributed by atoms with van der Waals surface area (Å²) in [4.78, 5) is 5.18. The lowest BCUT2D eigenvalue weighted by Gasteiger charge is -2.21. The number of hydrogen-bond acceptors (Lipinski definition) is 3. The summed E-state index contributed by atoms with van der Waals surface area (Å²) in [6.45, 7) is -0.538. The van der Waals surface area contributed by atoms with Crippen molar-refractivity contribution in [3.8, 4) is 0 Å². The predicted molar refractivity (Wildman–Crippen MR) is 54.2 cm³/mol. The van der Waals surface area contributed by atoms with Gasteiger partial charge in [0.15, 0.2) is 0 Å². The zero-order valence-corrected chi connectivity index (χ0v) is 9.37. The van der Waals surface area contributed by atoms with Crippen LogP contribution in [0.4, 0.5) is 13.2 Å². The number of thiazole rings is 1. The zero-order chi connectivity index (χ0) is 11.3. The number of halogens is 4. The summed E-state index contributed by atoms with van der Waals surface area (Å²) in [5, 5.41) is 2.41. The molecule has 0 aliphatic heterocycles. The minimum absolute atomic E-state index is 0.182. The van der Waals surface area contributed by atoms with Crippen molar-refractivity contribution in [1.82, 2.24) is 9.88 Å². The molecule has 0 aliphatic carbocycles. The molecule has 2 nitrogen and oxygen atoms in total. The van der Waals surface area contributed by atoms with E-state index in [1.165, 1.54) is 16.2 Å². The zero-order valence-electron chi connectivity index (χ0n) is 7.80. The molecule has 0 amide bonds. The number of alkyl halides is 4. The fraction of sp³-hybridized carbons (Fsp3) is 0.625. The van der Waals surface area contributed by atoms with Crippen LogP contribution in [0.2, 0.25) is 0 Å². The summed E-state index contributed by atoms with van der Waals surface area (Å²) in [6, 6.07) is 0. The molecule has 0 atom stereocenters. The molecule has 1 aromatic rings. The van der Waals surface area contributed by atoms with Crippen LogP contribution in [0.15, 0.2) is 11.6 Å². The Hall–Kier alpha value is -0.330. The molecule has 1 heterocycles. The van der Waals surface area contributed by atoms with Crippen LogP contribution in [0.1, 0.15) is 5.01 Å². The second kappa shape index (κ2) is 5.67. The molecular formula is C8H10ClF3N2S. The molecule has 1 aromatic heterocycles. The Morgan fingerprint density at radius 1 is 1.47 bits per heavy atom. The highest BCUT2D eigenvalue weighted by atomic mass is 35.5. The molecule has 0 fully saturated rings. The van der Waals surface area contributed by atoms with Crippen LogP contribution in [0.3, 0.4) is 0 Å². The van der Waals surface area contributed by atoms with Gasteiger partial charge >= 0.3 is 6.18 Å². The molecule has 0 saturated carbocycles. The summed E-state index contributed by atoms with van der Waals surface area (Å²) in [7, 11) is 0. The largest absolute Gasteiger partial charge is 0.401 e. The van der Waals surface area contributed by atoms with Crippen LogP contribution < -0.4 is 0 Å². The van der Waals surface area contributed by atoms with Gasteiger partial charge in [0.2, 0.25) is 0 Å². The van der Waals surface area contributed by atoms with Crippen molar-refractivity contribution in [2.45, 2.75) is 12.7 Å². The first-order valence-electron chi connectivity index (χ1n) is 4.24. The molecule has 0 saturated heterocycles. The van der Waals surface area contributed by atoms with Crippen LogP contribution >= 0.6 is 22.9 Å². The van der Waals surface area contributed by atoms with Gasteiger partial charge in [-0.15, -0.1) is 22.9 Å². The highest BCUT2D eigenvalue weighted by Crippen LogP contribution is 2.18. The Labute approximate surface area is 94.7 Å². The summed E-state index contributed by atoms with van der Waals surface area (Å²) >= 11 is 6.78. The van der Waals surface area contributed by atoms with Crippen molar-refractivity contribution in [3.05, 3.63) is 16.6 Å². The van der Waals surface area contributed by atoms with Crippen molar-refractivity contribution in [2.24, 2.45) is 0 Å². The number of aromatic nitrogens is 1. The van der Waals surface area contributed by atoms with Crippen molar-refractivity contribution >= 4 is 22.9 Å². The number of hydrogen-bond donors (Lipinski definition) is 0. The smallest absolute Gasteiger partial charge is 0.287 e. The maximum Gasteiger partial charge on any atom is 0.401 e. The van der Waals surface area contributed by atoms with E-state index in [0.717, 1.165) is 0 Å². The molecule has 86 valence electrons. The number of rotatable bonds is 5. The third kappa shape index (κ3) is 5.34. The van der Waals surface area contributed by atoms with E-state index in [0.29, 0.717) is 5.01 Å². The highest BCUT2D eigenvalue weighted by molar-refractivity contribution is 7.09. The quantitative estimate of drug-likeness (QED) is 0.755. The van der Waals surface area contributed by atoms with Crippen LogP contribution in [-0.4, -0.2) is 35.0 Å². The van der Waals surface area contributed by atoms with Crippen LogP contribution in [-0.2, 0) is 6.54 Å². The third-order valence-corrected chi connectivity index (χ3v) is 2.58. The standard InChI is InChI=1S/C8H10ClF3N2S/c9-1-3-14(6-8(10,11)12)5-7-13-2-4-15-7/h2,4H,1,3,5-6H2. The summed E-state index contributed by atoms with van der Waals surface area (Å²) < 4.78 is 36.5. The minimum Gasteiger partial charge on any atom is -0.287 e. The Morgan fingerprint density at radius 2 is 2.20 bits per heavy atom. The normalized spacial score (nSPS) is 12.3. The van der Waals surface area contributed by atoms with Gasteiger partial charge in [0.25, 0.3) is 0 Å². The maximum absolute atomic E-state index is 12.2. The second-order valence-electron chi connectivity index (χ2n) is 2.94. The fourth-order valence-electron chi connectivity index (χ4n) is 1.11. The SMILES string of the molecule is FC(F)(F)CN(CCCl)Cc1nccs1. The van der Waals surface area contributed by atoms with Crippen LogP contribution in [0.5, 0.6) is 0 Å². The van der Waals surface area contributed by atoms with Gasteiger partial charge < -0.3 is 0 Å². The van der Waals surface area contributed by atoms with Crippen molar-refractivity contribution < 1.29 is 13.2 Å². The molecule has 0 unspecified atom stereocenters. The van der Waals surface area contributed by atoms with Gasteiger partial charge in [0.1, 0.15) is 5.01 Å². The van der Waals surface area contributed by atoms with Gasteiger partial charge in [0.05, 0.1) is 13.1 Å². The number of nitrogens with zero attached hydrogens (tertiary/aromatic N) is 2. The monoisotopic (exact) mass is 258 g/mol. The molecule has 0 spiro atoms. The molecular weight excluding hydrogens is 249 g/mol. The van der Waals surface area contributed by atoms with Crippen LogP contribution in [0, 0.1) is 0 Å². The van der Waals surface area contributed by atoms with E-state index >= 15 is 0 Å². The molecule has 0 bridgehead atoms. The first kappa shape index (κ1) is 12.7. The molecule has 0 radical (unpaired) electrons. The van der Waals surface area contributed by atoms with Crippen molar-refractivity contribution in [2.75, 3.05) is 19.0 Å². The van der Waals surface area contributed by atoms with E-state index < -0.39 is 12.7 Å². The topological polar surface area (TPSA) is 16.1 Å². The van der Waals surface area contributed by atoms with Gasteiger partial charge in [-0.2, -0.15) is 13.2 Å². The average Bonchev–Trinajstić information content (AvgIpc) is 2.54. The molecule has 7 heteroatoms. The van der Waals surface area contributed by atoms with E-state index in [2.05, 4.69) is 4.98 Å². The summed E-state index contributed by atoms with van der Waals surface area (Å²) in [5.41, 5.74) is 0. The minimum atomic E-state index is -4.19. The predicted octanol–water partition coefficient (Wildman–Crippen LogP) is 2.75. The lowest BCUT2D eigenvalue weighted by atomic mass is 10.4. The van der Waals surface area contributed by atoms with Crippen molar-refractivity contribution in [3.63, 3.8) is 0 Å². The Kier molecular flexibility index (Phi) is 4.82. The van der Waals surface area contributed by atoms with E-state index in [9.17, 15) is 13.2 Å². The Bertz CT molecular complexity index is 276. The summed E-state index contributed by atoms with van der Waals surface area (Å²) in [5.74, 6) is 0.182. The molecule has 0 aromatic carbocycles. The van der Waals surface area contributed by atoms with Gasteiger partial charge in [0, 0.05) is 24.0 Å². The van der Waals surface area contributed by atoms with Gasteiger partial charge in [-0.05, 0) is 0 Å². The van der Waals surface area contributed by atoms with Gasteiger partial charge in [-0.25, -0.2) is 4.98 Å². The second-order valence-corrected chi connectivity index (χ2v) is 4.30. The first-order valence-corrected chi connectivity index (χ1v) is 5.66. The molecule has 0 aliphatic rings. The first-order chi connectivity index (χ1) is 7.01. The third-order valence-electron chi connectivity index (χ3n) is 1.65. The van der Waals surface area contributed by atoms with E-state index in [4.69, 9.17) is 11.6 Å². The van der Waals surface area contributed by atoms with E-state index in [-0.39, 0.29) is 19.0 Å². The van der Waals surface area contributed by atoms with Crippen LogP contribution in [0.25, 0.3) is 0 Å². The van der Waals surface area contributed by atoms with Gasteiger partial charge in [-0.3, -0.25) is 4.90 Å². The van der Waals surface area contributed by atoms with Crippen molar-refractivity contribution in [1.29, 1.82) is 0 Å².